The van der Waals surface area contributed by atoms with Gasteiger partial charge in [-0.2, -0.15) is 0 Å². The number of amides is 1. The van der Waals surface area contributed by atoms with Gasteiger partial charge in [0.05, 0.1) is 35.8 Å². The molecule has 5 rings (SSSR count). The van der Waals surface area contributed by atoms with Crippen molar-refractivity contribution in [1.29, 1.82) is 0 Å². The summed E-state index contributed by atoms with van der Waals surface area (Å²) in [6.45, 7) is 8.47. The number of aromatic nitrogens is 2. The van der Waals surface area contributed by atoms with Crippen LogP contribution in [0.5, 0.6) is 5.75 Å². The average Bonchev–Trinajstić information content (AvgIpc) is 3.38. The number of halogens is 3. The van der Waals surface area contributed by atoms with E-state index in [1.54, 1.807) is 32.6 Å². The number of aliphatic hydroxyl groups is 1. The van der Waals surface area contributed by atoms with Crippen molar-refractivity contribution in [3.63, 3.8) is 0 Å². The second kappa shape index (κ2) is 10.9. The summed E-state index contributed by atoms with van der Waals surface area (Å²) in [5.41, 5.74) is 1.25. The minimum atomic E-state index is -2.91. The van der Waals surface area contributed by atoms with E-state index in [0.717, 1.165) is 46.7 Å². The summed E-state index contributed by atoms with van der Waals surface area (Å²) in [6.07, 6.45) is -0.640. The van der Waals surface area contributed by atoms with E-state index in [4.69, 9.17) is 9.72 Å². The van der Waals surface area contributed by atoms with E-state index in [0.29, 0.717) is 37.8 Å². The largest absolute Gasteiger partial charge is 0.493 e. The van der Waals surface area contributed by atoms with Crippen molar-refractivity contribution in [3.05, 3.63) is 58.2 Å². The van der Waals surface area contributed by atoms with Crippen molar-refractivity contribution in [2.45, 2.75) is 77.4 Å². The molecule has 2 N–H and O–H groups in total. The smallest absolute Gasteiger partial charge is 0.266 e. The number of benzene rings is 2. The molecule has 0 saturated carbocycles. The molecular formula is C30H35F3N4O3. The van der Waals surface area contributed by atoms with Gasteiger partial charge in [-0.25, -0.2) is 23.1 Å². The molecule has 1 saturated heterocycles. The zero-order valence-corrected chi connectivity index (χ0v) is 23.2. The molecule has 40 heavy (non-hydrogen) atoms. The third kappa shape index (κ3) is 5.59. The van der Waals surface area contributed by atoms with Gasteiger partial charge in [0, 0.05) is 36.0 Å². The molecule has 10 heteroatoms. The van der Waals surface area contributed by atoms with Gasteiger partial charge in [-0.05, 0) is 58.1 Å². The molecule has 2 aliphatic rings. The van der Waals surface area contributed by atoms with Crippen molar-refractivity contribution in [2.75, 3.05) is 25.0 Å². The topological polar surface area (TPSA) is 87.6 Å². The van der Waals surface area contributed by atoms with E-state index in [9.17, 15) is 23.1 Å². The van der Waals surface area contributed by atoms with Crippen molar-refractivity contribution in [3.8, 4) is 5.75 Å². The standard InChI is InChI=1S/C30H35F3N4O3/c1-16(19-6-5-7-20(25(19)31)28(32)33)34-29-23-14-22(27-21(10-13-40-27)26(23)35-17(2)36-29)18-8-11-37(12-9-18)24(38)15-30(3,4)39/h5-7,14,16,18,28,39H,8-13,15H2,1-4H3,(H,34,35,36)/t16-/m1/s1. The summed E-state index contributed by atoms with van der Waals surface area (Å²) in [7, 11) is 0. The van der Waals surface area contributed by atoms with Crippen LogP contribution in [0.15, 0.2) is 24.3 Å². The molecule has 0 spiro atoms. The minimum absolute atomic E-state index is 0.0570. The predicted molar refractivity (Wildman–Crippen MR) is 146 cm³/mol. The van der Waals surface area contributed by atoms with Crippen LogP contribution in [0.3, 0.4) is 0 Å². The summed E-state index contributed by atoms with van der Waals surface area (Å²) in [4.78, 5) is 23.8. The minimum Gasteiger partial charge on any atom is -0.493 e. The van der Waals surface area contributed by atoms with Gasteiger partial charge in [0.15, 0.2) is 0 Å². The fourth-order valence-corrected chi connectivity index (χ4v) is 5.80. The molecule has 214 valence electrons. The van der Waals surface area contributed by atoms with E-state index in [-0.39, 0.29) is 23.8 Å². The SMILES string of the molecule is Cc1nc(N[C@H](C)c2cccc(C(F)F)c2F)c2cc(C3CCN(C(=O)CC(C)(C)O)CC3)c3c(c2n1)CCO3. The Hall–Kier alpha value is -3.40. The Kier molecular flexibility index (Phi) is 7.65. The predicted octanol–water partition coefficient (Wildman–Crippen LogP) is 5.99. The number of likely N-dealkylation sites (tertiary alicyclic amines) is 1. The normalized spacial score (nSPS) is 16.8. The number of alkyl halides is 2. The maximum Gasteiger partial charge on any atom is 0.266 e. The summed E-state index contributed by atoms with van der Waals surface area (Å²) >= 11 is 0. The number of piperidine rings is 1. The second-order valence-electron chi connectivity index (χ2n) is 11.4. The number of hydrogen-bond donors (Lipinski definition) is 2. The molecule has 7 nitrogen and oxygen atoms in total. The molecule has 1 amide bonds. The van der Waals surface area contributed by atoms with E-state index in [2.05, 4.69) is 10.3 Å². The lowest BCUT2D eigenvalue weighted by atomic mass is 9.86. The third-order valence-corrected chi connectivity index (χ3v) is 7.76. The van der Waals surface area contributed by atoms with Gasteiger partial charge in [0.25, 0.3) is 6.43 Å². The molecule has 0 bridgehead atoms. The van der Waals surface area contributed by atoms with Crippen LogP contribution >= 0.6 is 0 Å². The number of aryl methyl sites for hydroxylation is 1. The van der Waals surface area contributed by atoms with Crippen LogP contribution in [0, 0.1) is 12.7 Å². The van der Waals surface area contributed by atoms with Gasteiger partial charge in [-0.3, -0.25) is 4.79 Å². The molecule has 1 atom stereocenters. The summed E-state index contributed by atoms with van der Waals surface area (Å²) in [5, 5.41) is 14.1. The van der Waals surface area contributed by atoms with E-state index in [1.165, 1.54) is 12.1 Å². The summed E-state index contributed by atoms with van der Waals surface area (Å²) < 4.78 is 47.7. The maximum atomic E-state index is 14.9. The van der Waals surface area contributed by atoms with Crippen LogP contribution in [-0.4, -0.2) is 51.2 Å². The highest BCUT2D eigenvalue weighted by atomic mass is 19.3. The van der Waals surface area contributed by atoms with Gasteiger partial charge in [-0.15, -0.1) is 0 Å². The molecule has 3 aromatic rings. The number of nitrogens with zero attached hydrogens (tertiary/aromatic N) is 3. The van der Waals surface area contributed by atoms with Crippen molar-refractivity contribution < 1.29 is 27.8 Å². The Morgan fingerprint density at radius 2 is 1.93 bits per heavy atom. The quantitative estimate of drug-likeness (QED) is 0.372. The number of nitrogens with one attached hydrogen (secondary N) is 1. The Morgan fingerprint density at radius 3 is 2.60 bits per heavy atom. The highest BCUT2D eigenvalue weighted by Crippen LogP contribution is 2.44. The van der Waals surface area contributed by atoms with Gasteiger partial charge in [0.1, 0.15) is 23.2 Å². The highest BCUT2D eigenvalue weighted by Gasteiger charge is 2.32. The second-order valence-corrected chi connectivity index (χ2v) is 11.4. The molecule has 1 fully saturated rings. The average molecular weight is 557 g/mol. The summed E-state index contributed by atoms with van der Waals surface area (Å²) in [5.74, 6) is 1.04. The first-order chi connectivity index (χ1) is 18.9. The van der Waals surface area contributed by atoms with Crippen molar-refractivity contribution >= 4 is 22.6 Å². The molecule has 2 aliphatic heterocycles. The Bertz CT molecular complexity index is 1430. The number of carbonyl (C=O) groups excluding carboxylic acids is 1. The lowest BCUT2D eigenvalue weighted by Crippen LogP contribution is -2.41. The fraction of sp³-hybridized carbons (Fsp3) is 0.500. The monoisotopic (exact) mass is 556 g/mol. The van der Waals surface area contributed by atoms with E-state index >= 15 is 0 Å². The maximum absolute atomic E-state index is 14.9. The zero-order valence-electron chi connectivity index (χ0n) is 23.2. The number of fused-ring (bicyclic) bond motifs is 3. The van der Waals surface area contributed by atoms with Crippen LogP contribution in [0.25, 0.3) is 10.9 Å². The van der Waals surface area contributed by atoms with E-state index < -0.39 is 29.4 Å². The molecule has 0 aliphatic carbocycles. The molecule has 3 heterocycles. The lowest BCUT2D eigenvalue weighted by Gasteiger charge is -2.34. The van der Waals surface area contributed by atoms with Crippen LogP contribution in [0.2, 0.25) is 0 Å². The first kappa shape index (κ1) is 28.1. The van der Waals surface area contributed by atoms with Crippen LogP contribution < -0.4 is 10.1 Å². The first-order valence-electron chi connectivity index (χ1n) is 13.7. The zero-order chi connectivity index (χ0) is 28.8. The number of anilines is 1. The molecule has 0 radical (unpaired) electrons. The number of rotatable bonds is 7. The Morgan fingerprint density at radius 1 is 1.23 bits per heavy atom. The van der Waals surface area contributed by atoms with Gasteiger partial charge in [0.2, 0.25) is 5.91 Å². The molecule has 0 unspecified atom stereocenters. The highest BCUT2D eigenvalue weighted by molar-refractivity contribution is 5.94. The molecule has 1 aromatic heterocycles. The van der Waals surface area contributed by atoms with E-state index in [1.807, 2.05) is 6.07 Å². The van der Waals surface area contributed by atoms with Gasteiger partial charge < -0.3 is 20.1 Å². The molecule has 2 aromatic carbocycles. The van der Waals surface area contributed by atoms with Crippen LogP contribution in [0.4, 0.5) is 19.0 Å². The first-order valence-corrected chi connectivity index (χ1v) is 13.7. The number of carbonyl (C=O) groups is 1. The van der Waals surface area contributed by atoms with Gasteiger partial charge >= 0.3 is 0 Å². The van der Waals surface area contributed by atoms with Gasteiger partial charge in [-0.1, -0.05) is 18.2 Å². The Balaban J connectivity index is 1.47. The Labute approximate surface area is 231 Å². The number of ether oxygens (including phenoxy) is 1. The lowest BCUT2D eigenvalue weighted by molar-refractivity contribution is -0.136. The van der Waals surface area contributed by atoms with Crippen molar-refractivity contribution in [2.24, 2.45) is 0 Å². The summed E-state index contributed by atoms with van der Waals surface area (Å²) in [6, 6.07) is 5.43. The van der Waals surface area contributed by atoms with Crippen LogP contribution in [0.1, 0.15) is 86.5 Å². The van der Waals surface area contributed by atoms with Crippen molar-refractivity contribution in [1.82, 2.24) is 14.9 Å². The van der Waals surface area contributed by atoms with Crippen LogP contribution in [-0.2, 0) is 11.2 Å². The molecular weight excluding hydrogens is 521 g/mol. The third-order valence-electron chi connectivity index (χ3n) is 7.76. The fourth-order valence-electron chi connectivity index (χ4n) is 5.80. The number of hydrogen-bond acceptors (Lipinski definition) is 6.